The highest BCUT2D eigenvalue weighted by Gasteiger charge is 2.47. The molecule has 6 rings (SSSR count). The zero-order chi connectivity index (χ0) is 28.7. The number of nitrogens with one attached hydrogen (secondary N) is 1. The molecule has 1 N–H and O–H groups in total. The molecule has 0 aliphatic heterocycles. The summed E-state index contributed by atoms with van der Waals surface area (Å²) in [5.74, 6) is 0.682. The number of aryl methyl sites for hydroxylation is 3. The first-order valence-corrected chi connectivity index (χ1v) is 15.8. The number of rotatable bonds is 8. The third kappa shape index (κ3) is 5.69. The third-order valence-corrected chi connectivity index (χ3v) is 10.1. The van der Waals surface area contributed by atoms with E-state index in [1.54, 1.807) is 35.4 Å². The minimum Gasteiger partial charge on any atom is -0.337 e. The van der Waals surface area contributed by atoms with Gasteiger partial charge in [-0.15, -0.1) is 0 Å². The Morgan fingerprint density at radius 1 is 1.10 bits per heavy atom. The van der Waals surface area contributed by atoms with Crippen LogP contribution in [0.5, 0.6) is 0 Å². The Morgan fingerprint density at radius 3 is 2.61 bits per heavy atom. The van der Waals surface area contributed by atoms with Gasteiger partial charge in [0.25, 0.3) is 0 Å². The molecule has 3 unspecified atom stereocenters. The van der Waals surface area contributed by atoms with E-state index in [2.05, 4.69) is 9.71 Å². The average molecular weight is 589 g/mol. The van der Waals surface area contributed by atoms with Gasteiger partial charge in [-0.05, 0) is 85.5 Å². The highest BCUT2D eigenvalue weighted by Crippen LogP contribution is 2.51. The number of carbonyl (C=O) groups excluding carboxylic acids is 1. The van der Waals surface area contributed by atoms with Gasteiger partial charge in [-0.3, -0.25) is 4.79 Å². The summed E-state index contributed by atoms with van der Waals surface area (Å²) in [5.41, 5.74) is 4.76. The van der Waals surface area contributed by atoms with E-state index in [4.69, 9.17) is 11.6 Å². The number of aromatic nitrogens is 2. The van der Waals surface area contributed by atoms with E-state index in [9.17, 15) is 13.2 Å². The molecule has 1 heterocycles. The number of benzene rings is 3. The van der Waals surface area contributed by atoms with Crippen molar-refractivity contribution in [2.24, 2.45) is 13.0 Å². The standard InChI is InChI=1S/C32H33ClN4O3S/c1-21-10-14-24(15-11-21)41(39,40)35-30-9-5-6-22-12-13-23(18-26(22)30)37(20-31-34-16-17-36(31)2)32(38)28-19-27(28)25-7-3-4-8-29(25)33/h3-4,7-8,10-18,27-28,30,35H,5-6,9,19-20H2,1-2H3. The molecule has 2 aliphatic rings. The Morgan fingerprint density at radius 2 is 1.88 bits per heavy atom. The number of carbonyl (C=O) groups is 1. The predicted octanol–water partition coefficient (Wildman–Crippen LogP) is 6.07. The number of hydrogen-bond donors (Lipinski definition) is 1. The molecule has 9 heteroatoms. The van der Waals surface area contributed by atoms with Crippen molar-refractivity contribution in [2.45, 2.75) is 56.0 Å². The molecule has 1 saturated carbocycles. The van der Waals surface area contributed by atoms with Gasteiger partial charge >= 0.3 is 0 Å². The Kier molecular flexibility index (Phi) is 7.49. The van der Waals surface area contributed by atoms with E-state index in [0.717, 1.165) is 53.0 Å². The predicted molar refractivity (Wildman–Crippen MR) is 160 cm³/mol. The molecule has 0 bridgehead atoms. The molecule has 7 nitrogen and oxygen atoms in total. The first-order valence-electron chi connectivity index (χ1n) is 13.9. The number of fused-ring (bicyclic) bond motifs is 1. The number of hydrogen-bond acceptors (Lipinski definition) is 4. The van der Waals surface area contributed by atoms with Crippen LogP contribution in [0.2, 0.25) is 5.02 Å². The molecule has 0 radical (unpaired) electrons. The zero-order valence-corrected chi connectivity index (χ0v) is 24.7. The third-order valence-electron chi connectivity index (χ3n) is 8.28. The Hall–Kier alpha value is -3.46. The largest absolute Gasteiger partial charge is 0.337 e. The normalized spacial score (nSPS) is 19.9. The second kappa shape index (κ2) is 11.1. The van der Waals surface area contributed by atoms with Crippen molar-refractivity contribution >= 4 is 33.2 Å². The van der Waals surface area contributed by atoms with Crippen LogP contribution in [-0.2, 0) is 34.8 Å². The number of imidazole rings is 1. The Bertz CT molecular complexity index is 1700. The number of sulfonamides is 1. The molecule has 0 spiro atoms. The molecular formula is C32H33ClN4O3S. The van der Waals surface area contributed by atoms with Crippen molar-refractivity contribution in [2.75, 3.05) is 4.90 Å². The van der Waals surface area contributed by atoms with Crippen LogP contribution in [-0.4, -0.2) is 23.9 Å². The lowest BCUT2D eigenvalue weighted by Gasteiger charge is -2.29. The van der Waals surface area contributed by atoms with Gasteiger partial charge in [0.15, 0.2) is 0 Å². The van der Waals surface area contributed by atoms with Crippen LogP contribution in [0.15, 0.2) is 84.0 Å². The topological polar surface area (TPSA) is 84.3 Å². The second-order valence-electron chi connectivity index (χ2n) is 11.1. The van der Waals surface area contributed by atoms with Gasteiger partial charge in [-0.25, -0.2) is 18.1 Å². The zero-order valence-electron chi connectivity index (χ0n) is 23.1. The maximum Gasteiger partial charge on any atom is 0.241 e. The molecule has 0 saturated heterocycles. The van der Waals surface area contributed by atoms with E-state index in [1.807, 2.05) is 67.2 Å². The van der Waals surface area contributed by atoms with Crippen molar-refractivity contribution < 1.29 is 13.2 Å². The minimum atomic E-state index is -3.72. The summed E-state index contributed by atoms with van der Waals surface area (Å²) in [7, 11) is -1.80. The van der Waals surface area contributed by atoms with Gasteiger partial charge in [-0.1, -0.05) is 53.6 Å². The maximum absolute atomic E-state index is 14.1. The molecule has 212 valence electrons. The molecular weight excluding hydrogens is 556 g/mol. The van der Waals surface area contributed by atoms with E-state index >= 15 is 0 Å². The highest BCUT2D eigenvalue weighted by atomic mass is 35.5. The fourth-order valence-corrected chi connectivity index (χ4v) is 7.35. The van der Waals surface area contributed by atoms with Gasteiger partial charge in [-0.2, -0.15) is 0 Å². The first-order chi connectivity index (χ1) is 19.7. The second-order valence-corrected chi connectivity index (χ2v) is 13.2. The smallest absolute Gasteiger partial charge is 0.241 e. The van der Waals surface area contributed by atoms with Crippen molar-refractivity contribution in [1.29, 1.82) is 0 Å². The highest BCUT2D eigenvalue weighted by molar-refractivity contribution is 7.89. The van der Waals surface area contributed by atoms with Gasteiger partial charge in [0.1, 0.15) is 5.82 Å². The summed E-state index contributed by atoms with van der Waals surface area (Å²) >= 11 is 6.47. The van der Waals surface area contributed by atoms with Crippen LogP contribution in [0.3, 0.4) is 0 Å². The van der Waals surface area contributed by atoms with Crippen LogP contribution in [0, 0.1) is 12.8 Å². The fraction of sp³-hybridized carbons (Fsp3) is 0.312. The van der Waals surface area contributed by atoms with Crippen molar-refractivity contribution in [3.05, 3.63) is 112 Å². The van der Waals surface area contributed by atoms with Crippen LogP contribution in [0.4, 0.5) is 5.69 Å². The van der Waals surface area contributed by atoms with E-state index in [-0.39, 0.29) is 28.7 Å². The molecule has 1 fully saturated rings. The van der Waals surface area contributed by atoms with Crippen molar-refractivity contribution in [3.63, 3.8) is 0 Å². The van der Waals surface area contributed by atoms with Gasteiger partial charge in [0.2, 0.25) is 15.9 Å². The van der Waals surface area contributed by atoms with Crippen molar-refractivity contribution in [1.82, 2.24) is 14.3 Å². The first kappa shape index (κ1) is 27.7. The lowest BCUT2D eigenvalue weighted by atomic mass is 9.87. The van der Waals surface area contributed by atoms with Gasteiger partial charge in [0.05, 0.1) is 11.4 Å². The average Bonchev–Trinajstić information content (AvgIpc) is 3.65. The van der Waals surface area contributed by atoms with Crippen molar-refractivity contribution in [3.8, 4) is 0 Å². The summed E-state index contributed by atoms with van der Waals surface area (Å²) in [6, 6.07) is 20.2. The molecule has 3 aromatic carbocycles. The monoisotopic (exact) mass is 588 g/mol. The number of amides is 1. The molecule has 1 aromatic heterocycles. The summed E-state index contributed by atoms with van der Waals surface area (Å²) in [6.45, 7) is 2.24. The molecule has 3 atom stereocenters. The SMILES string of the molecule is Cc1ccc(S(=O)(=O)NC2CCCc3ccc(N(Cc4nccn4C)C(=O)C4CC4c4ccccc4Cl)cc32)cc1. The van der Waals surface area contributed by atoms with E-state index < -0.39 is 10.0 Å². The molecule has 41 heavy (non-hydrogen) atoms. The summed E-state index contributed by atoms with van der Waals surface area (Å²) < 4.78 is 31.4. The minimum absolute atomic E-state index is 0.0189. The number of halogens is 1. The maximum atomic E-state index is 14.1. The quantitative estimate of drug-likeness (QED) is 0.271. The lowest BCUT2D eigenvalue weighted by Crippen LogP contribution is -2.34. The number of anilines is 1. The molecule has 4 aromatic rings. The van der Waals surface area contributed by atoms with E-state index in [1.165, 1.54) is 0 Å². The van der Waals surface area contributed by atoms with E-state index in [0.29, 0.717) is 18.0 Å². The summed E-state index contributed by atoms with van der Waals surface area (Å²) in [5, 5.41) is 0.681. The fourth-order valence-electron chi connectivity index (χ4n) is 5.82. The summed E-state index contributed by atoms with van der Waals surface area (Å²) in [4.78, 5) is 20.6. The summed E-state index contributed by atoms with van der Waals surface area (Å²) in [6.07, 6.45) is 6.76. The number of nitrogens with zero attached hydrogens (tertiary/aromatic N) is 3. The van der Waals surface area contributed by atoms with Gasteiger partial charge < -0.3 is 9.47 Å². The Labute approximate surface area is 246 Å². The Balaban J connectivity index is 1.32. The van der Waals surface area contributed by atoms with Gasteiger partial charge in [0, 0.05) is 42.1 Å². The van der Waals surface area contributed by atoms with Crippen LogP contribution < -0.4 is 9.62 Å². The van der Waals surface area contributed by atoms with Crippen LogP contribution in [0.1, 0.15) is 59.3 Å². The molecule has 1 amide bonds. The van der Waals surface area contributed by atoms with Crippen LogP contribution >= 0.6 is 11.6 Å². The lowest BCUT2D eigenvalue weighted by molar-refractivity contribution is -0.120. The molecule has 2 aliphatic carbocycles. The van der Waals surface area contributed by atoms with Crippen LogP contribution in [0.25, 0.3) is 0 Å².